The second-order valence-corrected chi connectivity index (χ2v) is 2.42. The standard InChI is InChI=1S/C6H13O2/c1-5(7)6(2,3)8-4/h5,7H,4H2,1-3H3. The Morgan fingerprint density at radius 1 is 1.62 bits per heavy atom. The van der Waals surface area contributed by atoms with Crippen LogP contribution in [0.2, 0.25) is 0 Å². The summed E-state index contributed by atoms with van der Waals surface area (Å²) in [6.07, 6.45) is -0.472. The highest BCUT2D eigenvalue weighted by molar-refractivity contribution is 4.74. The first kappa shape index (κ1) is 7.92. The van der Waals surface area contributed by atoms with Gasteiger partial charge in [0, 0.05) is 0 Å². The Balaban J connectivity index is 3.71. The number of hydrogen-bond donors (Lipinski definition) is 1. The molecule has 0 spiro atoms. The van der Waals surface area contributed by atoms with Crippen LogP contribution in [0.3, 0.4) is 0 Å². The van der Waals surface area contributed by atoms with Crippen molar-refractivity contribution in [1.29, 1.82) is 0 Å². The molecule has 0 aliphatic carbocycles. The molecular formula is C6H13O2. The summed E-state index contributed by atoms with van der Waals surface area (Å²) in [5, 5.41) is 8.92. The van der Waals surface area contributed by atoms with Crippen molar-refractivity contribution in [3.8, 4) is 0 Å². The third-order valence-corrected chi connectivity index (χ3v) is 1.38. The molecule has 2 nitrogen and oxygen atoms in total. The molecule has 0 heterocycles. The summed E-state index contributed by atoms with van der Waals surface area (Å²) in [4.78, 5) is 0. The van der Waals surface area contributed by atoms with Gasteiger partial charge >= 0.3 is 0 Å². The molecule has 0 rings (SSSR count). The van der Waals surface area contributed by atoms with Gasteiger partial charge in [-0.15, -0.1) is 0 Å². The zero-order valence-corrected chi connectivity index (χ0v) is 5.64. The molecule has 0 fully saturated rings. The molecular weight excluding hydrogens is 104 g/mol. The lowest BCUT2D eigenvalue weighted by atomic mass is 10.0. The molecule has 0 aromatic rings. The minimum atomic E-state index is -0.514. The van der Waals surface area contributed by atoms with E-state index in [1.807, 2.05) is 0 Å². The largest absolute Gasteiger partial charge is 0.390 e. The molecule has 49 valence electrons. The lowest BCUT2D eigenvalue weighted by Crippen LogP contribution is -2.34. The van der Waals surface area contributed by atoms with Crippen LogP contribution in [-0.2, 0) is 4.74 Å². The number of hydrogen-bond acceptors (Lipinski definition) is 2. The van der Waals surface area contributed by atoms with E-state index >= 15 is 0 Å². The number of aliphatic hydroxyl groups excluding tert-OH is 1. The van der Waals surface area contributed by atoms with Crippen molar-refractivity contribution in [2.45, 2.75) is 32.5 Å². The third kappa shape index (κ3) is 1.80. The van der Waals surface area contributed by atoms with Gasteiger partial charge in [-0.3, -0.25) is 0 Å². The fourth-order valence-corrected chi connectivity index (χ4v) is 0.121. The molecule has 2 heteroatoms. The highest BCUT2D eigenvalue weighted by Crippen LogP contribution is 2.12. The Morgan fingerprint density at radius 3 is 2.00 bits per heavy atom. The van der Waals surface area contributed by atoms with Crippen molar-refractivity contribution in [2.75, 3.05) is 0 Å². The van der Waals surface area contributed by atoms with Gasteiger partial charge in [-0.1, -0.05) is 0 Å². The van der Waals surface area contributed by atoms with Gasteiger partial charge in [-0.25, -0.2) is 0 Å². The van der Waals surface area contributed by atoms with Gasteiger partial charge in [-0.05, 0) is 20.8 Å². The van der Waals surface area contributed by atoms with Crippen LogP contribution in [0.25, 0.3) is 0 Å². The fourth-order valence-electron chi connectivity index (χ4n) is 0.121. The minimum Gasteiger partial charge on any atom is -0.390 e. The third-order valence-electron chi connectivity index (χ3n) is 1.38. The van der Waals surface area contributed by atoms with Crippen LogP contribution in [0.1, 0.15) is 20.8 Å². The average Bonchev–Trinajstić information content (AvgIpc) is 1.67. The van der Waals surface area contributed by atoms with Gasteiger partial charge in [0.05, 0.1) is 18.8 Å². The molecule has 8 heavy (non-hydrogen) atoms. The van der Waals surface area contributed by atoms with Crippen molar-refractivity contribution in [3.05, 3.63) is 7.11 Å². The number of rotatable bonds is 2. The van der Waals surface area contributed by atoms with Crippen molar-refractivity contribution >= 4 is 0 Å². The van der Waals surface area contributed by atoms with E-state index < -0.39 is 11.7 Å². The van der Waals surface area contributed by atoms with E-state index in [1.54, 1.807) is 20.8 Å². The Bertz CT molecular complexity index is 66.9. The van der Waals surface area contributed by atoms with Crippen molar-refractivity contribution in [1.82, 2.24) is 0 Å². The van der Waals surface area contributed by atoms with Gasteiger partial charge in [0.2, 0.25) is 0 Å². The maximum absolute atomic E-state index is 8.92. The van der Waals surface area contributed by atoms with E-state index in [0.29, 0.717) is 0 Å². The molecule has 0 saturated carbocycles. The van der Waals surface area contributed by atoms with Crippen LogP contribution >= 0.6 is 0 Å². The topological polar surface area (TPSA) is 29.5 Å². The summed E-state index contributed by atoms with van der Waals surface area (Å²) in [6, 6.07) is 0. The summed E-state index contributed by atoms with van der Waals surface area (Å²) in [7, 11) is 3.22. The zero-order valence-electron chi connectivity index (χ0n) is 5.64. The first-order valence-electron chi connectivity index (χ1n) is 2.62. The summed E-state index contributed by atoms with van der Waals surface area (Å²) in [6.45, 7) is 5.24. The van der Waals surface area contributed by atoms with E-state index in [0.717, 1.165) is 0 Å². The zero-order chi connectivity index (χ0) is 6.78. The van der Waals surface area contributed by atoms with Gasteiger partial charge in [-0.2, -0.15) is 0 Å². The SMILES string of the molecule is [CH2]OC(C)(C)C(C)O. The van der Waals surface area contributed by atoms with Crippen molar-refractivity contribution in [3.63, 3.8) is 0 Å². The summed E-state index contributed by atoms with van der Waals surface area (Å²) < 4.78 is 4.70. The summed E-state index contributed by atoms with van der Waals surface area (Å²) >= 11 is 0. The van der Waals surface area contributed by atoms with Gasteiger partial charge in [0.15, 0.2) is 0 Å². The van der Waals surface area contributed by atoms with Crippen LogP contribution in [0.4, 0.5) is 0 Å². The van der Waals surface area contributed by atoms with Crippen LogP contribution < -0.4 is 0 Å². The molecule has 0 aliphatic heterocycles. The maximum atomic E-state index is 8.92. The Labute approximate surface area is 50.5 Å². The van der Waals surface area contributed by atoms with E-state index in [-0.39, 0.29) is 0 Å². The summed E-state index contributed by atoms with van der Waals surface area (Å²) in [5.41, 5.74) is -0.514. The highest BCUT2D eigenvalue weighted by atomic mass is 16.5. The van der Waals surface area contributed by atoms with E-state index in [4.69, 9.17) is 9.84 Å². The molecule has 1 unspecified atom stereocenters. The second kappa shape index (κ2) is 2.46. The normalized spacial score (nSPS) is 16.1. The lowest BCUT2D eigenvalue weighted by molar-refractivity contribution is -0.0510. The van der Waals surface area contributed by atoms with E-state index in [1.165, 1.54) is 0 Å². The monoisotopic (exact) mass is 117 g/mol. The Morgan fingerprint density at radius 2 is 2.00 bits per heavy atom. The summed E-state index contributed by atoms with van der Waals surface area (Å²) in [5.74, 6) is 0. The molecule has 0 aliphatic rings. The van der Waals surface area contributed by atoms with Gasteiger partial charge < -0.3 is 9.84 Å². The molecule has 0 aromatic carbocycles. The Hall–Kier alpha value is -0.0800. The molecule has 1 atom stereocenters. The molecule has 0 amide bonds. The average molecular weight is 117 g/mol. The van der Waals surface area contributed by atoms with Crippen LogP contribution in [0.15, 0.2) is 0 Å². The Kier molecular flexibility index (Phi) is 2.44. The number of aliphatic hydroxyl groups is 1. The smallest absolute Gasteiger partial charge is 0.0882 e. The lowest BCUT2D eigenvalue weighted by Gasteiger charge is -2.25. The number of ether oxygens (including phenoxy) is 1. The van der Waals surface area contributed by atoms with Gasteiger partial charge in [0.1, 0.15) is 0 Å². The highest BCUT2D eigenvalue weighted by Gasteiger charge is 2.22. The first-order valence-corrected chi connectivity index (χ1v) is 2.62. The first-order chi connectivity index (χ1) is 3.50. The van der Waals surface area contributed by atoms with Crippen LogP contribution in [0.5, 0.6) is 0 Å². The molecule has 0 saturated heterocycles. The second-order valence-electron chi connectivity index (χ2n) is 2.42. The fraction of sp³-hybridized carbons (Fsp3) is 0.833. The van der Waals surface area contributed by atoms with Gasteiger partial charge in [0.25, 0.3) is 0 Å². The van der Waals surface area contributed by atoms with Crippen LogP contribution in [0, 0.1) is 7.11 Å². The predicted octanol–water partition coefficient (Wildman–Crippen LogP) is 0.954. The minimum absolute atomic E-state index is 0.472. The maximum Gasteiger partial charge on any atom is 0.0882 e. The molecule has 0 bridgehead atoms. The molecule has 0 aromatic heterocycles. The van der Waals surface area contributed by atoms with Crippen molar-refractivity contribution < 1.29 is 9.84 Å². The quantitative estimate of drug-likeness (QED) is 0.583. The van der Waals surface area contributed by atoms with Crippen LogP contribution in [-0.4, -0.2) is 16.8 Å². The molecule has 1 radical (unpaired) electrons. The molecule has 1 N–H and O–H groups in total. The van der Waals surface area contributed by atoms with E-state index in [9.17, 15) is 0 Å². The van der Waals surface area contributed by atoms with E-state index in [2.05, 4.69) is 7.11 Å². The van der Waals surface area contributed by atoms with Crippen molar-refractivity contribution in [2.24, 2.45) is 0 Å². The predicted molar refractivity (Wildman–Crippen MR) is 32.2 cm³/mol.